The molecule has 2 atom stereocenters. The summed E-state index contributed by atoms with van der Waals surface area (Å²) in [6.07, 6.45) is 0. The molecule has 0 N–H and O–H groups in total. The highest BCUT2D eigenvalue weighted by Gasteiger charge is 2.54. The summed E-state index contributed by atoms with van der Waals surface area (Å²) in [5.74, 6) is 0.0201. The van der Waals surface area contributed by atoms with Crippen molar-refractivity contribution in [1.29, 1.82) is 0 Å². The molecule has 5 nitrogen and oxygen atoms in total. The molecular weight excluding hydrogens is 384 g/mol. The zero-order chi connectivity index (χ0) is 19.3. The van der Waals surface area contributed by atoms with Crippen molar-refractivity contribution in [3.05, 3.63) is 64.2 Å². The number of anilines is 1. The number of carbonyl (C=O) groups is 1. The Morgan fingerprint density at radius 3 is 2.41 bits per heavy atom. The highest BCUT2D eigenvalue weighted by atomic mass is 35.5. The average molecular weight is 405 g/mol. The van der Waals surface area contributed by atoms with Crippen LogP contribution in [0.3, 0.4) is 0 Å². The van der Waals surface area contributed by atoms with Gasteiger partial charge in [0.1, 0.15) is 0 Å². The number of benzene rings is 2. The molecule has 7 heteroatoms. The van der Waals surface area contributed by atoms with E-state index >= 15 is 0 Å². The summed E-state index contributed by atoms with van der Waals surface area (Å²) in [6, 6.07) is 12.4. The van der Waals surface area contributed by atoms with Crippen molar-refractivity contribution in [2.75, 3.05) is 16.4 Å². The third-order valence-electron chi connectivity index (χ3n) is 5.37. The van der Waals surface area contributed by atoms with E-state index in [2.05, 4.69) is 0 Å². The predicted octanol–water partition coefficient (Wildman–Crippen LogP) is 3.56. The molecule has 4 rings (SSSR count). The van der Waals surface area contributed by atoms with Gasteiger partial charge in [-0.1, -0.05) is 35.9 Å². The van der Waals surface area contributed by atoms with Crippen LogP contribution in [0.1, 0.15) is 16.7 Å². The second-order valence-electron chi connectivity index (χ2n) is 7.41. The zero-order valence-electron chi connectivity index (χ0n) is 15.2. The summed E-state index contributed by atoms with van der Waals surface area (Å²) >= 11 is 5.95. The van der Waals surface area contributed by atoms with Gasteiger partial charge < -0.3 is 4.90 Å². The molecule has 142 valence electrons. The fraction of sp³-hybridized carbons (Fsp3) is 0.350. The van der Waals surface area contributed by atoms with E-state index in [9.17, 15) is 13.2 Å². The topological polar surface area (TPSA) is 57.7 Å². The molecule has 2 heterocycles. The second-order valence-corrected chi connectivity index (χ2v) is 10.00. The van der Waals surface area contributed by atoms with Gasteiger partial charge in [0.15, 0.2) is 9.84 Å². The van der Waals surface area contributed by atoms with Crippen LogP contribution in [0.25, 0.3) is 0 Å². The van der Waals surface area contributed by atoms with Crippen LogP contribution in [0, 0.1) is 13.8 Å². The van der Waals surface area contributed by atoms with Gasteiger partial charge in [0, 0.05) is 17.3 Å². The first-order valence-corrected chi connectivity index (χ1v) is 11.1. The van der Waals surface area contributed by atoms with Gasteiger partial charge in [0.25, 0.3) is 0 Å². The van der Waals surface area contributed by atoms with E-state index < -0.39 is 9.84 Å². The third kappa shape index (κ3) is 3.32. The van der Waals surface area contributed by atoms with E-state index in [0.29, 0.717) is 11.6 Å². The normalized spacial score (nSPS) is 23.7. The van der Waals surface area contributed by atoms with Gasteiger partial charge in [0.2, 0.25) is 0 Å². The van der Waals surface area contributed by atoms with Gasteiger partial charge in [-0.2, -0.15) is 0 Å². The number of hydrogen-bond donors (Lipinski definition) is 0. The largest absolute Gasteiger partial charge is 0.325 e. The minimum absolute atomic E-state index is 0.00784. The van der Waals surface area contributed by atoms with Crippen molar-refractivity contribution in [2.45, 2.75) is 32.5 Å². The molecule has 0 aromatic heterocycles. The van der Waals surface area contributed by atoms with Crippen LogP contribution >= 0.6 is 11.6 Å². The van der Waals surface area contributed by atoms with Crippen LogP contribution in [0.15, 0.2) is 42.5 Å². The molecule has 2 saturated heterocycles. The summed E-state index contributed by atoms with van der Waals surface area (Å²) in [7, 11) is -3.18. The number of rotatable bonds is 3. The smallest absolute Gasteiger partial charge is 0.314 e. The Kier molecular flexibility index (Phi) is 4.43. The highest BCUT2D eigenvalue weighted by Crippen LogP contribution is 2.37. The van der Waals surface area contributed by atoms with E-state index in [-0.39, 0.29) is 29.6 Å². The number of urea groups is 1. The van der Waals surface area contributed by atoms with Gasteiger partial charge in [0.05, 0.1) is 23.6 Å². The summed E-state index contributed by atoms with van der Waals surface area (Å²) < 4.78 is 24.7. The molecule has 2 aromatic rings. The first kappa shape index (κ1) is 18.3. The fourth-order valence-electron chi connectivity index (χ4n) is 4.01. The standard InChI is InChI=1S/C20H21ClN2O3S/c1-13-3-4-14(2)17(9-13)23-19-12-27(25,26)11-18(19)22(20(23)24)10-15-5-7-16(21)8-6-15/h3-9,18-19H,10-12H2,1-2H3/t18-,19-/m0/s1. The minimum atomic E-state index is -3.18. The van der Waals surface area contributed by atoms with Crippen LogP contribution in [0.4, 0.5) is 10.5 Å². The first-order chi connectivity index (χ1) is 12.7. The molecule has 2 fully saturated rings. The molecule has 0 aliphatic carbocycles. The Labute approximate surface area is 164 Å². The van der Waals surface area contributed by atoms with Crippen molar-refractivity contribution in [3.8, 4) is 0 Å². The number of amides is 2. The second kappa shape index (κ2) is 6.53. The number of aryl methyl sites for hydroxylation is 2. The summed E-state index contributed by atoms with van der Waals surface area (Å²) in [5, 5.41) is 0.629. The number of nitrogens with zero attached hydrogens (tertiary/aromatic N) is 2. The van der Waals surface area contributed by atoms with Crippen molar-refractivity contribution in [1.82, 2.24) is 4.90 Å². The van der Waals surface area contributed by atoms with Gasteiger partial charge >= 0.3 is 6.03 Å². The van der Waals surface area contributed by atoms with Crippen LogP contribution in [-0.2, 0) is 16.4 Å². The van der Waals surface area contributed by atoms with Crippen LogP contribution in [0.5, 0.6) is 0 Å². The molecule has 0 radical (unpaired) electrons. The van der Waals surface area contributed by atoms with E-state index in [4.69, 9.17) is 11.6 Å². The Balaban J connectivity index is 1.73. The molecular formula is C20H21ClN2O3S. The highest BCUT2D eigenvalue weighted by molar-refractivity contribution is 7.91. The van der Waals surface area contributed by atoms with E-state index in [1.165, 1.54) is 0 Å². The van der Waals surface area contributed by atoms with Gasteiger partial charge in [-0.3, -0.25) is 4.90 Å². The number of carbonyl (C=O) groups excluding carboxylic acids is 1. The van der Waals surface area contributed by atoms with Crippen molar-refractivity contribution < 1.29 is 13.2 Å². The summed E-state index contributed by atoms with van der Waals surface area (Å²) in [4.78, 5) is 16.7. The van der Waals surface area contributed by atoms with E-state index in [1.807, 2.05) is 44.2 Å². The van der Waals surface area contributed by atoms with Crippen molar-refractivity contribution in [2.24, 2.45) is 0 Å². The molecule has 2 aromatic carbocycles. The van der Waals surface area contributed by atoms with Crippen molar-refractivity contribution in [3.63, 3.8) is 0 Å². The first-order valence-electron chi connectivity index (χ1n) is 8.87. The molecule has 0 spiro atoms. The van der Waals surface area contributed by atoms with Gasteiger partial charge in [-0.15, -0.1) is 0 Å². The van der Waals surface area contributed by atoms with Crippen molar-refractivity contribution >= 4 is 33.2 Å². The Hall–Kier alpha value is -2.05. The number of sulfone groups is 1. The number of halogens is 1. The van der Waals surface area contributed by atoms with Gasteiger partial charge in [-0.25, -0.2) is 13.2 Å². The quantitative estimate of drug-likeness (QED) is 0.735. The Morgan fingerprint density at radius 2 is 1.70 bits per heavy atom. The Morgan fingerprint density at radius 1 is 1.04 bits per heavy atom. The minimum Gasteiger partial charge on any atom is -0.314 e. The van der Waals surface area contributed by atoms with Crippen LogP contribution in [-0.4, -0.2) is 42.9 Å². The van der Waals surface area contributed by atoms with E-state index in [1.54, 1.807) is 21.9 Å². The average Bonchev–Trinajstić information content (AvgIpc) is 3.03. The number of hydrogen-bond acceptors (Lipinski definition) is 3. The van der Waals surface area contributed by atoms with Crippen LogP contribution < -0.4 is 4.90 Å². The maximum atomic E-state index is 13.3. The molecule has 0 bridgehead atoms. The van der Waals surface area contributed by atoms with Gasteiger partial charge in [-0.05, 0) is 48.7 Å². The lowest BCUT2D eigenvalue weighted by Crippen LogP contribution is -2.38. The maximum absolute atomic E-state index is 13.3. The van der Waals surface area contributed by atoms with Crippen LogP contribution in [0.2, 0.25) is 5.02 Å². The molecule has 2 aliphatic heterocycles. The summed E-state index contributed by atoms with van der Waals surface area (Å²) in [6.45, 7) is 4.29. The molecule has 2 aliphatic rings. The number of fused-ring (bicyclic) bond motifs is 1. The SMILES string of the molecule is Cc1ccc(C)c(N2C(=O)N(Cc3ccc(Cl)cc3)[C@H]3CS(=O)(=O)C[C@@H]32)c1. The maximum Gasteiger partial charge on any atom is 0.325 e. The lowest BCUT2D eigenvalue weighted by molar-refractivity contribution is 0.206. The molecule has 0 saturated carbocycles. The molecule has 27 heavy (non-hydrogen) atoms. The monoisotopic (exact) mass is 404 g/mol. The third-order valence-corrected chi connectivity index (χ3v) is 7.32. The van der Waals surface area contributed by atoms with E-state index in [0.717, 1.165) is 22.4 Å². The molecule has 2 amide bonds. The fourth-order valence-corrected chi connectivity index (χ4v) is 6.09. The predicted molar refractivity (Wildman–Crippen MR) is 107 cm³/mol. The zero-order valence-corrected chi connectivity index (χ0v) is 16.8. The molecule has 0 unspecified atom stereocenters. The summed E-state index contributed by atoms with van der Waals surface area (Å²) in [5.41, 5.74) is 3.73. The Bertz CT molecular complexity index is 1000. The lowest BCUT2D eigenvalue weighted by atomic mass is 10.1. The lowest BCUT2D eigenvalue weighted by Gasteiger charge is -2.24.